The van der Waals surface area contributed by atoms with Gasteiger partial charge in [-0.1, -0.05) is 27.7 Å². The Morgan fingerprint density at radius 3 is 2.69 bits per heavy atom. The van der Waals surface area contributed by atoms with E-state index in [9.17, 15) is 14.5 Å². The lowest BCUT2D eigenvalue weighted by atomic mass is 10.00. The Labute approximate surface area is 152 Å². The van der Waals surface area contributed by atoms with E-state index in [-0.39, 0.29) is 0 Å². The predicted octanol–water partition coefficient (Wildman–Crippen LogP) is 3.75. The molecule has 1 aliphatic rings. The van der Waals surface area contributed by atoms with Crippen LogP contribution in [-0.2, 0) is 0 Å². The molecule has 1 unspecified atom stereocenters. The number of benzene rings is 1. The minimum absolute atomic E-state index is 0.400. The number of allylic oxidation sites excluding steroid dienone is 1. The van der Waals surface area contributed by atoms with E-state index in [1.165, 1.54) is 12.1 Å². The third-order valence-electron chi connectivity index (χ3n) is 4.06. The van der Waals surface area contributed by atoms with Gasteiger partial charge in [-0.3, -0.25) is 15.4 Å². The zero-order chi connectivity index (χ0) is 19.3. The molecule has 3 N–H and O–H groups in total. The van der Waals surface area contributed by atoms with Gasteiger partial charge in [0.25, 0.3) is 0 Å². The first kappa shape index (κ1) is 19.8. The summed E-state index contributed by atoms with van der Waals surface area (Å²) >= 11 is 0. The average molecular weight is 363 g/mol. The first-order valence-electron chi connectivity index (χ1n) is 8.83. The Kier molecular flexibility index (Phi) is 6.31. The lowest BCUT2D eigenvalue weighted by Gasteiger charge is -2.33. The molecule has 1 aromatic rings. The number of nitrogens with one attached hydrogen (secondary N) is 3. The zero-order valence-corrected chi connectivity index (χ0v) is 15.6. The summed E-state index contributed by atoms with van der Waals surface area (Å²) < 4.78 is 13.5. The minimum Gasteiger partial charge on any atom is -0.330 e. The van der Waals surface area contributed by atoms with E-state index in [0.29, 0.717) is 17.6 Å². The van der Waals surface area contributed by atoms with Crippen LogP contribution < -0.4 is 16.0 Å². The molecular formula is C18H26FN5O2. The van der Waals surface area contributed by atoms with Crippen molar-refractivity contribution in [3.63, 3.8) is 0 Å². The fraction of sp³-hybridized carbons (Fsp3) is 0.500. The van der Waals surface area contributed by atoms with Gasteiger partial charge < -0.3 is 10.6 Å². The molecule has 142 valence electrons. The van der Waals surface area contributed by atoms with Crippen molar-refractivity contribution in [2.24, 2.45) is 10.9 Å². The third kappa shape index (κ3) is 4.78. The number of likely N-dealkylation sites (N-methyl/N-ethyl adjacent to an activating group) is 1. The van der Waals surface area contributed by atoms with Crippen molar-refractivity contribution in [2.45, 2.75) is 46.2 Å². The highest BCUT2D eigenvalue weighted by molar-refractivity contribution is 5.96. The fourth-order valence-corrected chi connectivity index (χ4v) is 2.91. The van der Waals surface area contributed by atoms with Crippen LogP contribution in [0.25, 0.3) is 0 Å². The van der Waals surface area contributed by atoms with E-state index < -0.39 is 22.1 Å². The van der Waals surface area contributed by atoms with Crippen LogP contribution >= 0.6 is 0 Å². The molecule has 0 spiro atoms. The summed E-state index contributed by atoms with van der Waals surface area (Å²) in [6.07, 6.45) is 3.69. The molecule has 0 radical (unpaired) electrons. The SMILES string of the molecule is CCNC1(CC)C=C(CC(C)C)NC(Nc2ccc(F)c([N+](=O)[O-])c2)=N1. The highest BCUT2D eigenvalue weighted by Gasteiger charge is 2.29. The molecule has 1 heterocycles. The van der Waals surface area contributed by atoms with Gasteiger partial charge in [-0.05, 0) is 43.5 Å². The molecule has 0 bridgehead atoms. The lowest BCUT2D eigenvalue weighted by Crippen LogP contribution is -2.49. The van der Waals surface area contributed by atoms with E-state index in [0.717, 1.165) is 31.1 Å². The molecule has 26 heavy (non-hydrogen) atoms. The van der Waals surface area contributed by atoms with Crippen LogP contribution in [-0.4, -0.2) is 23.1 Å². The predicted molar refractivity (Wildman–Crippen MR) is 101 cm³/mol. The van der Waals surface area contributed by atoms with Gasteiger partial charge in [0, 0.05) is 17.5 Å². The van der Waals surface area contributed by atoms with Gasteiger partial charge >= 0.3 is 5.69 Å². The number of nitro groups is 1. The highest BCUT2D eigenvalue weighted by atomic mass is 19.1. The van der Waals surface area contributed by atoms with Crippen molar-refractivity contribution in [1.29, 1.82) is 0 Å². The van der Waals surface area contributed by atoms with Crippen LogP contribution in [0, 0.1) is 21.8 Å². The molecule has 0 fully saturated rings. The Hall–Kier alpha value is -2.48. The molecule has 1 atom stereocenters. The van der Waals surface area contributed by atoms with Crippen LogP contribution in [0.3, 0.4) is 0 Å². The number of guanidine groups is 1. The second-order valence-corrected chi connectivity index (χ2v) is 6.71. The Bertz CT molecular complexity index is 732. The maximum Gasteiger partial charge on any atom is 0.306 e. The number of halogens is 1. The third-order valence-corrected chi connectivity index (χ3v) is 4.06. The monoisotopic (exact) mass is 363 g/mol. The maximum atomic E-state index is 13.5. The summed E-state index contributed by atoms with van der Waals surface area (Å²) in [4.78, 5) is 14.9. The van der Waals surface area contributed by atoms with Crippen LogP contribution in [0.4, 0.5) is 15.8 Å². The average Bonchev–Trinajstić information content (AvgIpc) is 2.55. The van der Waals surface area contributed by atoms with Gasteiger partial charge in [0.05, 0.1) is 4.92 Å². The zero-order valence-electron chi connectivity index (χ0n) is 15.6. The number of nitrogens with zero attached hydrogens (tertiary/aromatic N) is 2. The molecule has 1 aliphatic heterocycles. The molecule has 1 aromatic carbocycles. The van der Waals surface area contributed by atoms with Crippen molar-refractivity contribution >= 4 is 17.3 Å². The summed E-state index contributed by atoms with van der Waals surface area (Å²) in [6, 6.07) is 3.70. The second kappa shape index (κ2) is 8.27. The summed E-state index contributed by atoms with van der Waals surface area (Å²) in [5.74, 6) is 0.0677. The standard InChI is InChI=1S/C18H26FN5O2/c1-5-18(20-6-2)11-14(9-12(3)4)22-17(23-18)21-13-7-8-15(19)16(10-13)24(25)26/h7-8,10-12,20H,5-6,9H2,1-4H3,(H2,21,22,23). The smallest absolute Gasteiger partial charge is 0.306 e. The molecule has 8 heteroatoms. The van der Waals surface area contributed by atoms with E-state index in [2.05, 4.69) is 35.9 Å². The molecule has 0 amide bonds. The molecule has 0 saturated carbocycles. The van der Waals surface area contributed by atoms with Crippen molar-refractivity contribution in [3.8, 4) is 0 Å². The molecule has 0 aromatic heterocycles. The lowest BCUT2D eigenvalue weighted by molar-refractivity contribution is -0.387. The van der Waals surface area contributed by atoms with Gasteiger partial charge in [-0.2, -0.15) is 4.39 Å². The Balaban J connectivity index is 2.32. The van der Waals surface area contributed by atoms with Gasteiger partial charge in [-0.25, -0.2) is 4.99 Å². The largest absolute Gasteiger partial charge is 0.330 e. The fourth-order valence-electron chi connectivity index (χ4n) is 2.91. The Morgan fingerprint density at radius 1 is 1.38 bits per heavy atom. The molecule has 0 saturated heterocycles. The van der Waals surface area contributed by atoms with Gasteiger partial charge in [0.15, 0.2) is 0 Å². The van der Waals surface area contributed by atoms with Crippen LogP contribution in [0.5, 0.6) is 0 Å². The summed E-state index contributed by atoms with van der Waals surface area (Å²) in [5, 5.41) is 20.6. The van der Waals surface area contributed by atoms with E-state index >= 15 is 0 Å². The minimum atomic E-state index is -0.866. The molecule has 2 rings (SSSR count). The number of hydrogen-bond acceptors (Lipinski definition) is 6. The number of hydrogen-bond donors (Lipinski definition) is 3. The number of anilines is 1. The first-order chi connectivity index (χ1) is 12.3. The first-order valence-corrected chi connectivity index (χ1v) is 8.83. The van der Waals surface area contributed by atoms with Crippen molar-refractivity contribution in [2.75, 3.05) is 11.9 Å². The quantitative estimate of drug-likeness (QED) is 0.507. The van der Waals surface area contributed by atoms with Crippen LogP contribution in [0.15, 0.2) is 35.0 Å². The van der Waals surface area contributed by atoms with Crippen LogP contribution in [0.1, 0.15) is 40.5 Å². The highest BCUT2D eigenvalue weighted by Crippen LogP contribution is 2.25. The van der Waals surface area contributed by atoms with Crippen LogP contribution in [0.2, 0.25) is 0 Å². The molecular weight excluding hydrogens is 337 g/mol. The summed E-state index contributed by atoms with van der Waals surface area (Å²) in [6.45, 7) is 9.07. The number of aliphatic imine (C=N–C) groups is 1. The number of rotatable bonds is 7. The topological polar surface area (TPSA) is 91.6 Å². The summed E-state index contributed by atoms with van der Waals surface area (Å²) in [5.41, 5.74) is 0.310. The van der Waals surface area contributed by atoms with Crippen molar-refractivity contribution in [1.82, 2.24) is 10.6 Å². The van der Waals surface area contributed by atoms with E-state index in [4.69, 9.17) is 4.99 Å². The van der Waals surface area contributed by atoms with Crippen molar-refractivity contribution in [3.05, 3.63) is 45.9 Å². The van der Waals surface area contributed by atoms with Gasteiger partial charge in [0.2, 0.25) is 11.8 Å². The second-order valence-electron chi connectivity index (χ2n) is 6.71. The maximum absolute atomic E-state index is 13.5. The van der Waals surface area contributed by atoms with Gasteiger partial charge in [0.1, 0.15) is 5.66 Å². The number of nitro benzene ring substituents is 1. The van der Waals surface area contributed by atoms with E-state index in [1.807, 2.05) is 13.8 Å². The summed E-state index contributed by atoms with van der Waals surface area (Å²) in [7, 11) is 0. The normalized spacial score (nSPS) is 19.6. The van der Waals surface area contributed by atoms with Crippen molar-refractivity contribution < 1.29 is 9.31 Å². The molecule has 7 nitrogen and oxygen atoms in total. The van der Waals surface area contributed by atoms with Gasteiger partial charge in [-0.15, -0.1) is 0 Å². The Morgan fingerprint density at radius 2 is 2.12 bits per heavy atom. The van der Waals surface area contributed by atoms with E-state index in [1.54, 1.807) is 0 Å². The molecule has 0 aliphatic carbocycles.